The topological polar surface area (TPSA) is 50.7 Å². The average molecular weight is 330 g/mol. The third-order valence-corrected chi connectivity index (χ3v) is 3.68. The van der Waals surface area contributed by atoms with Crippen LogP contribution in [0.5, 0.6) is 0 Å². The molecule has 0 saturated heterocycles. The van der Waals surface area contributed by atoms with E-state index in [2.05, 4.69) is 10.5 Å². The second-order valence-corrected chi connectivity index (χ2v) is 5.43. The lowest BCUT2D eigenvalue weighted by Gasteiger charge is -2.05. The molecule has 0 atom stereocenters. The summed E-state index contributed by atoms with van der Waals surface area (Å²) in [5.74, 6) is -0.341. The Bertz CT molecular complexity index is 889. The van der Waals surface area contributed by atoms with E-state index in [9.17, 15) is 4.79 Å². The molecule has 0 amide bonds. The zero-order chi connectivity index (χ0) is 17.5. The minimum atomic E-state index is -0.341. The Kier molecular flexibility index (Phi) is 5.22. The highest BCUT2D eigenvalue weighted by molar-refractivity contribution is 5.91. The molecule has 3 aromatic rings. The first-order chi connectivity index (χ1) is 12.3. The van der Waals surface area contributed by atoms with Crippen molar-refractivity contribution in [3.05, 3.63) is 90.0 Å². The number of nitrogens with zero attached hydrogens (tertiary/aromatic N) is 1. The second kappa shape index (κ2) is 7.93. The number of methoxy groups -OCH3 is 1. The lowest BCUT2D eigenvalue weighted by Crippen LogP contribution is -2.00. The van der Waals surface area contributed by atoms with E-state index in [1.54, 1.807) is 12.3 Å². The molecule has 3 rings (SSSR count). The van der Waals surface area contributed by atoms with Crippen molar-refractivity contribution in [3.8, 4) is 11.1 Å². The summed E-state index contributed by atoms with van der Waals surface area (Å²) in [6.45, 7) is 0. The maximum Gasteiger partial charge on any atom is 0.337 e. The van der Waals surface area contributed by atoms with E-state index in [0.717, 1.165) is 22.4 Å². The first kappa shape index (κ1) is 16.5. The van der Waals surface area contributed by atoms with Crippen molar-refractivity contribution < 1.29 is 9.53 Å². The Morgan fingerprint density at radius 1 is 0.920 bits per heavy atom. The van der Waals surface area contributed by atoms with Crippen LogP contribution in [0.25, 0.3) is 11.1 Å². The fourth-order valence-electron chi connectivity index (χ4n) is 2.44. The van der Waals surface area contributed by atoms with Crippen LogP contribution in [0.2, 0.25) is 0 Å². The molecule has 0 fully saturated rings. The highest BCUT2D eigenvalue weighted by Crippen LogP contribution is 2.21. The van der Waals surface area contributed by atoms with Gasteiger partial charge < -0.3 is 4.74 Å². The van der Waals surface area contributed by atoms with Gasteiger partial charge in [0.25, 0.3) is 0 Å². The number of hydrazone groups is 1. The molecule has 0 bridgehead atoms. The van der Waals surface area contributed by atoms with Crippen LogP contribution >= 0.6 is 0 Å². The van der Waals surface area contributed by atoms with Gasteiger partial charge in [0, 0.05) is 0 Å². The van der Waals surface area contributed by atoms with E-state index in [1.807, 2.05) is 72.8 Å². The molecule has 4 heteroatoms. The molecular weight excluding hydrogens is 312 g/mol. The molecule has 0 spiro atoms. The molecule has 0 saturated carbocycles. The van der Waals surface area contributed by atoms with Crippen molar-refractivity contribution in [1.29, 1.82) is 0 Å². The summed E-state index contributed by atoms with van der Waals surface area (Å²) < 4.78 is 4.78. The molecule has 0 aromatic heterocycles. The van der Waals surface area contributed by atoms with Gasteiger partial charge in [0.15, 0.2) is 0 Å². The number of esters is 1. The van der Waals surface area contributed by atoms with Crippen molar-refractivity contribution in [2.24, 2.45) is 5.10 Å². The first-order valence-electron chi connectivity index (χ1n) is 7.89. The number of benzene rings is 3. The lowest BCUT2D eigenvalue weighted by molar-refractivity contribution is 0.0601. The summed E-state index contributed by atoms with van der Waals surface area (Å²) in [5, 5.41) is 4.26. The van der Waals surface area contributed by atoms with E-state index in [-0.39, 0.29) is 5.97 Å². The van der Waals surface area contributed by atoms with Crippen molar-refractivity contribution >= 4 is 17.9 Å². The Morgan fingerprint density at radius 2 is 1.64 bits per heavy atom. The van der Waals surface area contributed by atoms with Gasteiger partial charge in [-0.25, -0.2) is 4.79 Å². The van der Waals surface area contributed by atoms with Gasteiger partial charge in [-0.3, -0.25) is 5.43 Å². The minimum Gasteiger partial charge on any atom is -0.465 e. The summed E-state index contributed by atoms with van der Waals surface area (Å²) in [4.78, 5) is 11.7. The number of carbonyl (C=O) groups is 1. The zero-order valence-electron chi connectivity index (χ0n) is 13.8. The van der Waals surface area contributed by atoms with E-state index in [0.29, 0.717) is 5.56 Å². The largest absolute Gasteiger partial charge is 0.465 e. The van der Waals surface area contributed by atoms with Gasteiger partial charge in [0.2, 0.25) is 0 Å². The van der Waals surface area contributed by atoms with Crippen LogP contribution in [0, 0.1) is 0 Å². The molecule has 3 aromatic carbocycles. The van der Waals surface area contributed by atoms with Crippen molar-refractivity contribution in [3.63, 3.8) is 0 Å². The summed E-state index contributed by atoms with van der Waals surface area (Å²) in [6, 6.07) is 25.1. The molecule has 0 heterocycles. The lowest BCUT2D eigenvalue weighted by atomic mass is 10.0. The summed E-state index contributed by atoms with van der Waals surface area (Å²) in [6.07, 6.45) is 1.76. The summed E-state index contributed by atoms with van der Waals surface area (Å²) in [5.41, 5.74) is 7.38. The predicted octanol–water partition coefficient (Wildman–Crippen LogP) is 4.59. The standard InChI is InChI=1S/C21H18N2O2/c1-25-21(24)19-10-6-9-18(14-19)17-8-5-7-16(13-17)15-22-23-20-11-3-2-4-12-20/h2-15,23H,1H3. The van der Waals surface area contributed by atoms with Crippen molar-refractivity contribution in [2.45, 2.75) is 0 Å². The maximum atomic E-state index is 11.7. The molecule has 0 unspecified atom stereocenters. The monoisotopic (exact) mass is 330 g/mol. The first-order valence-corrected chi connectivity index (χ1v) is 7.89. The second-order valence-electron chi connectivity index (χ2n) is 5.43. The fraction of sp³-hybridized carbons (Fsp3) is 0.0476. The molecule has 0 aliphatic rings. The quantitative estimate of drug-likeness (QED) is 0.423. The molecule has 0 aliphatic carbocycles. The number of rotatable bonds is 5. The van der Waals surface area contributed by atoms with Gasteiger partial charge >= 0.3 is 5.97 Å². The minimum absolute atomic E-state index is 0.341. The third kappa shape index (κ3) is 4.32. The Labute approximate surface area is 146 Å². The highest BCUT2D eigenvalue weighted by atomic mass is 16.5. The van der Waals surface area contributed by atoms with E-state index >= 15 is 0 Å². The fourth-order valence-corrected chi connectivity index (χ4v) is 2.44. The van der Waals surface area contributed by atoms with E-state index in [1.165, 1.54) is 7.11 Å². The number of para-hydroxylation sites is 1. The molecular formula is C21H18N2O2. The molecule has 1 N–H and O–H groups in total. The molecule has 0 radical (unpaired) electrons. The maximum absolute atomic E-state index is 11.7. The number of carbonyl (C=O) groups excluding carboxylic acids is 1. The zero-order valence-corrected chi connectivity index (χ0v) is 13.8. The smallest absolute Gasteiger partial charge is 0.337 e. The van der Waals surface area contributed by atoms with Gasteiger partial charge in [-0.05, 0) is 47.0 Å². The summed E-state index contributed by atoms with van der Waals surface area (Å²) >= 11 is 0. The predicted molar refractivity (Wildman–Crippen MR) is 101 cm³/mol. The number of hydrogen-bond donors (Lipinski definition) is 1. The van der Waals surface area contributed by atoms with Crippen LogP contribution in [0.3, 0.4) is 0 Å². The molecule has 0 aliphatic heterocycles. The van der Waals surface area contributed by atoms with Crippen LogP contribution in [-0.2, 0) is 4.74 Å². The number of hydrogen-bond acceptors (Lipinski definition) is 4. The third-order valence-electron chi connectivity index (χ3n) is 3.68. The van der Waals surface area contributed by atoms with Crippen LogP contribution in [0.4, 0.5) is 5.69 Å². The SMILES string of the molecule is COC(=O)c1cccc(-c2cccc(C=NNc3ccccc3)c2)c1. The van der Waals surface area contributed by atoms with Crippen LogP contribution in [-0.4, -0.2) is 19.3 Å². The van der Waals surface area contributed by atoms with E-state index < -0.39 is 0 Å². The Hall–Kier alpha value is -3.40. The average Bonchev–Trinajstić information content (AvgIpc) is 2.68. The van der Waals surface area contributed by atoms with Gasteiger partial charge in [-0.1, -0.05) is 48.5 Å². The van der Waals surface area contributed by atoms with Gasteiger partial charge in [0.1, 0.15) is 0 Å². The van der Waals surface area contributed by atoms with Gasteiger partial charge in [0.05, 0.1) is 24.6 Å². The molecule has 25 heavy (non-hydrogen) atoms. The van der Waals surface area contributed by atoms with Gasteiger partial charge in [-0.2, -0.15) is 5.10 Å². The van der Waals surface area contributed by atoms with Crippen LogP contribution in [0.1, 0.15) is 15.9 Å². The van der Waals surface area contributed by atoms with Crippen molar-refractivity contribution in [2.75, 3.05) is 12.5 Å². The normalized spacial score (nSPS) is 10.6. The van der Waals surface area contributed by atoms with Crippen LogP contribution < -0.4 is 5.43 Å². The summed E-state index contributed by atoms with van der Waals surface area (Å²) in [7, 11) is 1.38. The molecule has 124 valence electrons. The van der Waals surface area contributed by atoms with Crippen LogP contribution in [0.15, 0.2) is 84.0 Å². The highest BCUT2D eigenvalue weighted by Gasteiger charge is 2.06. The van der Waals surface area contributed by atoms with E-state index in [4.69, 9.17) is 4.74 Å². The van der Waals surface area contributed by atoms with Crippen molar-refractivity contribution in [1.82, 2.24) is 0 Å². The Balaban J connectivity index is 1.78. The number of anilines is 1. The number of ether oxygens (including phenoxy) is 1. The number of nitrogens with one attached hydrogen (secondary N) is 1. The molecule has 4 nitrogen and oxygen atoms in total. The Morgan fingerprint density at radius 3 is 2.40 bits per heavy atom. The van der Waals surface area contributed by atoms with Gasteiger partial charge in [-0.15, -0.1) is 0 Å².